The Kier molecular flexibility index (Phi) is 9.52. The number of nitrogens with zero attached hydrogens (tertiary/aromatic N) is 4. The zero-order chi connectivity index (χ0) is 30.7. The van der Waals surface area contributed by atoms with Crippen LogP contribution < -0.4 is 0 Å². The maximum atomic E-state index is 13.9. The molecule has 1 aliphatic rings. The molecule has 9 nitrogen and oxygen atoms in total. The summed E-state index contributed by atoms with van der Waals surface area (Å²) < 4.78 is 54.8. The van der Waals surface area contributed by atoms with Crippen molar-refractivity contribution in [3.05, 3.63) is 101 Å². The number of rotatable bonds is 10. The number of carbonyl (C=O) groups excluding carboxylic acids is 1. The van der Waals surface area contributed by atoms with E-state index in [1.807, 2.05) is 0 Å². The minimum absolute atomic E-state index is 0.0160. The normalized spacial score (nSPS) is 22.8. The molecule has 0 bridgehead atoms. The van der Waals surface area contributed by atoms with Crippen molar-refractivity contribution in [2.45, 2.75) is 50.4 Å². The Bertz CT molecular complexity index is 1540. The number of aliphatic hydroxyl groups is 2. The SMILES string of the molecule is CC1[C@H]([C@H](OCc2ccc(Cl)cc2)C(=O)Cc2cccnc2)OC(CO)[C@H](O)[C@@H]1n1cc(-c2cc(F)c(F)c(F)c2)nn1. The van der Waals surface area contributed by atoms with Crippen molar-refractivity contribution in [3.8, 4) is 11.3 Å². The van der Waals surface area contributed by atoms with E-state index < -0.39 is 60.4 Å². The van der Waals surface area contributed by atoms with Crippen LogP contribution in [0.3, 0.4) is 0 Å². The van der Waals surface area contributed by atoms with Gasteiger partial charge in [0.1, 0.15) is 24.0 Å². The molecule has 2 aromatic carbocycles. The van der Waals surface area contributed by atoms with Crippen LogP contribution in [0, 0.1) is 23.4 Å². The highest BCUT2D eigenvalue weighted by molar-refractivity contribution is 6.30. The van der Waals surface area contributed by atoms with Crippen molar-refractivity contribution in [2.24, 2.45) is 5.92 Å². The van der Waals surface area contributed by atoms with Crippen LogP contribution in [-0.2, 0) is 27.3 Å². The second kappa shape index (κ2) is 13.3. The van der Waals surface area contributed by atoms with Crippen LogP contribution in [0.4, 0.5) is 13.2 Å². The molecule has 2 aromatic heterocycles. The van der Waals surface area contributed by atoms with E-state index in [1.165, 1.54) is 10.9 Å². The Morgan fingerprint density at radius 1 is 1.14 bits per heavy atom. The van der Waals surface area contributed by atoms with E-state index in [0.717, 1.165) is 17.7 Å². The van der Waals surface area contributed by atoms with Gasteiger partial charge in [0.15, 0.2) is 23.2 Å². The molecule has 13 heteroatoms. The quantitative estimate of drug-likeness (QED) is 0.256. The first-order valence-electron chi connectivity index (χ1n) is 13.4. The fourth-order valence-corrected chi connectivity index (χ4v) is 5.35. The molecule has 1 aliphatic heterocycles. The second-order valence-corrected chi connectivity index (χ2v) is 10.8. The number of halogens is 4. The molecule has 5 rings (SSSR count). The third-order valence-corrected chi connectivity index (χ3v) is 7.71. The van der Waals surface area contributed by atoms with Crippen molar-refractivity contribution < 1.29 is 37.7 Å². The minimum Gasteiger partial charge on any atom is -0.394 e. The summed E-state index contributed by atoms with van der Waals surface area (Å²) in [5, 5.41) is 29.8. The fourth-order valence-electron chi connectivity index (χ4n) is 5.23. The van der Waals surface area contributed by atoms with E-state index in [0.29, 0.717) is 10.6 Å². The van der Waals surface area contributed by atoms with Gasteiger partial charge in [-0.15, -0.1) is 5.10 Å². The first kappa shape index (κ1) is 30.8. The number of aromatic nitrogens is 4. The van der Waals surface area contributed by atoms with E-state index in [-0.39, 0.29) is 30.1 Å². The summed E-state index contributed by atoms with van der Waals surface area (Å²) in [4.78, 5) is 17.8. The maximum Gasteiger partial charge on any atom is 0.194 e. The van der Waals surface area contributed by atoms with Gasteiger partial charge in [-0.25, -0.2) is 17.9 Å². The lowest BCUT2D eigenvalue weighted by molar-refractivity contribution is -0.214. The molecular weight excluding hydrogens is 589 g/mol. The number of Topliss-reactive ketones (excluding diaryl/α,β-unsaturated/α-hetero) is 1. The fraction of sp³-hybridized carbons (Fsp3) is 0.333. The van der Waals surface area contributed by atoms with Crippen LogP contribution in [0.15, 0.2) is 67.1 Å². The summed E-state index contributed by atoms with van der Waals surface area (Å²) in [6.07, 6.45) is -0.0562. The predicted molar refractivity (Wildman–Crippen MR) is 148 cm³/mol. The van der Waals surface area contributed by atoms with Crippen molar-refractivity contribution in [1.82, 2.24) is 20.0 Å². The molecule has 43 heavy (non-hydrogen) atoms. The molecule has 4 aromatic rings. The summed E-state index contributed by atoms with van der Waals surface area (Å²) in [5.41, 5.74) is 1.36. The second-order valence-electron chi connectivity index (χ2n) is 10.4. The lowest BCUT2D eigenvalue weighted by Crippen LogP contribution is -2.57. The first-order valence-corrected chi connectivity index (χ1v) is 13.8. The molecule has 0 saturated carbocycles. The predicted octanol–water partition coefficient (Wildman–Crippen LogP) is 4.11. The third kappa shape index (κ3) is 6.78. The molecule has 0 aliphatic carbocycles. The van der Waals surface area contributed by atoms with E-state index in [4.69, 9.17) is 21.1 Å². The van der Waals surface area contributed by atoms with Crippen LogP contribution >= 0.6 is 11.6 Å². The third-order valence-electron chi connectivity index (χ3n) is 7.45. The van der Waals surface area contributed by atoms with Crippen molar-refractivity contribution in [3.63, 3.8) is 0 Å². The topological polar surface area (TPSA) is 120 Å². The number of ketones is 1. The Hall–Kier alpha value is -3.68. The number of pyridine rings is 1. The Labute approximate surface area is 249 Å². The Balaban J connectivity index is 1.46. The molecule has 0 radical (unpaired) electrons. The van der Waals surface area contributed by atoms with Gasteiger partial charge in [-0.3, -0.25) is 9.78 Å². The molecule has 3 heterocycles. The van der Waals surface area contributed by atoms with Crippen molar-refractivity contribution >= 4 is 17.4 Å². The number of ether oxygens (including phenoxy) is 2. The molecule has 0 spiro atoms. The lowest BCUT2D eigenvalue weighted by Gasteiger charge is -2.45. The molecule has 2 N–H and O–H groups in total. The first-order chi connectivity index (χ1) is 20.7. The van der Waals surface area contributed by atoms with Crippen LogP contribution in [0.2, 0.25) is 5.02 Å². The largest absolute Gasteiger partial charge is 0.394 e. The molecular formula is C30H28ClF3N4O5. The monoisotopic (exact) mass is 616 g/mol. The summed E-state index contributed by atoms with van der Waals surface area (Å²) in [5.74, 6) is -5.36. The van der Waals surface area contributed by atoms with Crippen molar-refractivity contribution in [2.75, 3.05) is 6.61 Å². The molecule has 0 amide bonds. The zero-order valence-electron chi connectivity index (χ0n) is 22.9. The average Bonchev–Trinajstić information content (AvgIpc) is 3.48. The number of carbonyl (C=O) groups is 1. The molecule has 2 unspecified atom stereocenters. The van der Waals surface area contributed by atoms with E-state index >= 15 is 0 Å². The van der Waals surface area contributed by atoms with Gasteiger partial charge in [-0.1, -0.05) is 41.9 Å². The minimum atomic E-state index is -1.61. The van der Waals surface area contributed by atoms with Crippen LogP contribution in [0.5, 0.6) is 0 Å². The van der Waals surface area contributed by atoms with Gasteiger partial charge in [-0.05, 0) is 41.5 Å². The van der Waals surface area contributed by atoms with Crippen LogP contribution in [-0.4, -0.2) is 67.0 Å². The van der Waals surface area contributed by atoms with Gasteiger partial charge in [0, 0.05) is 35.3 Å². The number of benzene rings is 2. The summed E-state index contributed by atoms with van der Waals surface area (Å²) in [6.45, 7) is 1.18. The standard InChI is InChI=1S/C30H28ClF3N4O5/c1-16-27(38-13-23(36-37-38)19-10-21(32)26(34)22(33)11-19)28(41)25(14-39)43-29(16)30(24(40)9-18-3-2-8-35-12-18)42-15-17-4-6-20(31)7-5-17/h2-8,10-13,16,25,27-30,39,41H,9,14-15H2,1H3/t16?,25?,27-,28+,29-,30-/m1/s1. The van der Waals surface area contributed by atoms with Crippen LogP contribution in [0.25, 0.3) is 11.3 Å². The highest BCUT2D eigenvalue weighted by Crippen LogP contribution is 2.38. The molecule has 226 valence electrons. The Morgan fingerprint density at radius 3 is 2.51 bits per heavy atom. The van der Waals surface area contributed by atoms with Gasteiger partial charge in [0.25, 0.3) is 0 Å². The van der Waals surface area contributed by atoms with Gasteiger partial charge in [0.2, 0.25) is 0 Å². The average molecular weight is 617 g/mol. The van der Waals surface area contributed by atoms with Gasteiger partial charge >= 0.3 is 0 Å². The number of hydrogen-bond donors (Lipinski definition) is 2. The van der Waals surface area contributed by atoms with Gasteiger partial charge in [0.05, 0.1) is 31.6 Å². The van der Waals surface area contributed by atoms with Crippen LogP contribution in [0.1, 0.15) is 24.1 Å². The van der Waals surface area contributed by atoms with E-state index in [2.05, 4.69) is 15.3 Å². The summed E-state index contributed by atoms with van der Waals surface area (Å²) in [7, 11) is 0. The maximum absolute atomic E-state index is 13.9. The molecule has 1 fully saturated rings. The van der Waals surface area contributed by atoms with Crippen molar-refractivity contribution in [1.29, 1.82) is 0 Å². The summed E-state index contributed by atoms with van der Waals surface area (Å²) >= 11 is 6.00. The number of hydrogen-bond acceptors (Lipinski definition) is 8. The lowest BCUT2D eigenvalue weighted by atomic mass is 9.82. The number of aliphatic hydroxyl groups excluding tert-OH is 2. The molecule has 6 atom stereocenters. The highest BCUT2D eigenvalue weighted by atomic mass is 35.5. The van der Waals surface area contributed by atoms with E-state index in [1.54, 1.807) is 55.7 Å². The smallest absolute Gasteiger partial charge is 0.194 e. The highest BCUT2D eigenvalue weighted by Gasteiger charge is 2.49. The van der Waals surface area contributed by atoms with E-state index in [9.17, 15) is 28.2 Å². The Morgan fingerprint density at radius 2 is 1.86 bits per heavy atom. The zero-order valence-corrected chi connectivity index (χ0v) is 23.6. The summed E-state index contributed by atoms with van der Waals surface area (Å²) in [6, 6.07) is 11.0. The van der Waals surface area contributed by atoms with Gasteiger partial charge < -0.3 is 19.7 Å². The van der Waals surface area contributed by atoms with Gasteiger partial charge in [-0.2, -0.15) is 0 Å². The molecule has 1 saturated heterocycles.